The quantitative estimate of drug-likeness (QED) is 0.160. The van der Waals surface area contributed by atoms with Crippen LogP contribution in [0.5, 0.6) is 0 Å². The second kappa shape index (κ2) is 15.1. The van der Waals surface area contributed by atoms with Crippen molar-refractivity contribution in [3.05, 3.63) is 265 Å². The van der Waals surface area contributed by atoms with Crippen LogP contribution in [0.25, 0.3) is 88.8 Å². The predicted octanol–water partition coefficient (Wildman–Crippen LogP) is 15.5. The van der Waals surface area contributed by atoms with Gasteiger partial charge in [-0.1, -0.05) is 218 Å². The lowest BCUT2D eigenvalue weighted by molar-refractivity contribution is 0.769. The molecule has 294 valence electrons. The molecule has 1 heterocycles. The summed E-state index contributed by atoms with van der Waals surface area (Å²) in [6.07, 6.45) is 0. The van der Waals surface area contributed by atoms with Crippen molar-refractivity contribution in [1.82, 2.24) is 9.97 Å². The predicted molar refractivity (Wildman–Crippen MR) is 262 cm³/mol. The molecule has 0 N–H and O–H groups in total. The molecule has 0 saturated heterocycles. The molecule has 2 heteroatoms. The van der Waals surface area contributed by atoms with E-state index >= 15 is 0 Å². The summed E-state index contributed by atoms with van der Waals surface area (Å²) in [4.78, 5) is 10.4. The van der Waals surface area contributed by atoms with Gasteiger partial charge >= 0.3 is 0 Å². The summed E-state index contributed by atoms with van der Waals surface area (Å²) in [6.45, 7) is 0. The third-order valence-corrected chi connectivity index (χ3v) is 13.0. The van der Waals surface area contributed by atoms with Gasteiger partial charge in [0, 0.05) is 16.7 Å². The summed E-state index contributed by atoms with van der Waals surface area (Å²) < 4.78 is 0. The van der Waals surface area contributed by atoms with E-state index in [-0.39, 0.29) is 0 Å². The fraction of sp³-hybridized carbons (Fsp3) is 0.0164. The molecule has 0 bridgehead atoms. The van der Waals surface area contributed by atoms with Crippen LogP contribution in [0.3, 0.4) is 0 Å². The monoisotopic (exact) mass is 800 g/mol. The average Bonchev–Trinajstić information content (AvgIpc) is 3.68. The number of fused-ring (bicyclic) bond motifs is 6. The van der Waals surface area contributed by atoms with Gasteiger partial charge in [0.05, 0.1) is 16.8 Å². The molecule has 0 spiro atoms. The Morgan fingerprint density at radius 3 is 1.43 bits per heavy atom. The maximum absolute atomic E-state index is 5.21. The molecule has 0 fully saturated rings. The Morgan fingerprint density at radius 2 is 0.778 bits per heavy atom. The van der Waals surface area contributed by atoms with Crippen molar-refractivity contribution in [1.29, 1.82) is 0 Å². The maximum atomic E-state index is 5.21. The third kappa shape index (κ3) is 6.02. The number of hydrogen-bond donors (Lipinski definition) is 0. The van der Waals surface area contributed by atoms with Crippen LogP contribution in [-0.4, -0.2) is 9.97 Å². The lowest BCUT2D eigenvalue weighted by Crippen LogP contribution is -2.28. The van der Waals surface area contributed by atoms with Crippen molar-refractivity contribution in [3.63, 3.8) is 0 Å². The largest absolute Gasteiger partial charge is 0.228 e. The van der Waals surface area contributed by atoms with E-state index in [0.717, 1.165) is 44.4 Å². The van der Waals surface area contributed by atoms with Crippen LogP contribution in [0.1, 0.15) is 22.3 Å². The first-order valence-corrected chi connectivity index (χ1v) is 21.6. The number of aromatic nitrogens is 2. The molecule has 1 aromatic heterocycles. The number of nitrogens with zero attached hydrogens (tertiary/aromatic N) is 2. The van der Waals surface area contributed by atoms with Gasteiger partial charge in [0.2, 0.25) is 0 Å². The first-order valence-electron chi connectivity index (χ1n) is 21.6. The minimum Gasteiger partial charge on any atom is -0.228 e. The van der Waals surface area contributed by atoms with Crippen LogP contribution in [0.4, 0.5) is 0 Å². The summed E-state index contributed by atoms with van der Waals surface area (Å²) in [7, 11) is 0. The molecule has 0 atom stereocenters. The molecular weight excluding hydrogens is 761 g/mol. The zero-order valence-electron chi connectivity index (χ0n) is 34.5. The van der Waals surface area contributed by atoms with E-state index in [2.05, 4.69) is 231 Å². The SMILES string of the molecule is c1ccc(-c2cc(-c3ccccc3)nc(-c3ccc(-c4cccc(-c5ccc6c(c5)C(c5ccccc5)(c5ccccc5)c5ccc7ccccc7c5-6)c4)c4ccccc34)n2)cc1. The average molecular weight is 801 g/mol. The molecule has 2 nitrogen and oxygen atoms in total. The van der Waals surface area contributed by atoms with Gasteiger partial charge in [0.15, 0.2) is 5.82 Å². The normalized spacial score (nSPS) is 12.6. The molecule has 0 amide bonds. The van der Waals surface area contributed by atoms with Gasteiger partial charge < -0.3 is 0 Å². The Balaban J connectivity index is 1.02. The lowest BCUT2D eigenvalue weighted by atomic mass is 9.67. The summed E-state index contributed by atoms with van der Waals surface area (Å²) >= 11 is 0. The molecule has 1 aliphatic carbocycles. The van der Waals surface area contributed by atoms with Gasteiger partial charge in [0.25, 0.3) is 0 Å². The topological polar surface area (TPSA) is 25.8 Å². The Bertz CT molecular complexity index is 3390. The van der Waals surface area contributed by atoms with Crippen LogP contribution < -0.4 is 0 Å². The molecule has 10 aromatic carbocycles. The van der Waals surface area contributed by atoms with Crippen molar-refractivity contribution in [2.75, 3.05) is 0 Å². The highest BCUT2D eigenvalue weighted by Gasteiger charge is 2.46. The fourth-order valence-electron chi connectivity index (χ4n) is 10.1. The van der Waals surface area contributed by atoms with Crippen molar-refractivity contribution in [2.45, 2.75) is 5.41 Å². The molecule has 12 rings (SSSR count). The van der Waals surface area contributed by atoms with Crippen LogP contribution in [-0.2, 0) is 5.41 Å². The van der Waals surface area contributed by atoms with Crippen molar-refractivity contribution >= 4 is 21.5 Å². The summed E-state index contributed by atoms with van der Waals surface area (Å²) in [5.41, 5.74) is 16.8. The molecule has 1 aliphatic rings. The van der Waals surface area contributed by atoms with E-state index in [1.54, 1.807) is 0 Å². The molecule has 0 radical (unpaired) electrons. The highest BCUT2D eigenvalue weighted by Crippen LogP contribution is 2.58. The number of rotatable bonds is 7. The third-order valence-electron chi connectivity index (χ3n) is 13.0. The Labute approximate surface area is 367 Å². The van der Waals surface area contributed by atoms with E-state index < -0.39 is 5.41 Å². The zero-order chi connectivity index (χ0) is 41.7. The molecular formula is C61H40N2. The van der Waals surface area contributed by atoms with E-state index in [1.165, 1.54) is 60.8 Å². The molecule has 11 aromatic rings. The molecule has 63 heavy (non-hydrogen) atoms. The van der Waals surface area contributed by atoms with Gasteiger partial charge in [-0.15, -0.1) is 0 Å². The Hall–Kier alpha value is -8.20. The first-order chi connectivity index (χ1) is 31.2. The first kappa shape index (κ1) is 36.6. The minimum atomic E-state index is -0.503. The van der Waals surface area contributed by atoms with Gasteiger partial charge in [-0.25, -0.2) is 9.97 Å². The molecule has 0 aliphatic heterocycles. The highest BCUT2D eigenvalue weighted by molar-refractivity contribution is 6.06. The van der Waals surface area contributed by atoms with Crippen LogP contribution in [0.2, 0.25) is 0 Å². The highest BCUT2D eigenvalue weighted by atomic mass is 14.9. The van der Waals surface area contributed by atoms with Gasteiger partial charge in [-0.2, -0.15) is 0 Å². The second-order valence-electron chi connectivity index (χ2n) is 16.4. The summed E-state index contributed by atoms with van der Waals surface area (Å²) in [6, 6.07) is 87.8. The summed E-state index contributed by atoms with van der Waals surface area (Å²) in [5, 5.41) is 4.80. The van der Waals surface area contributed by atoms with Gasteiger partial charge in [0.1, 0.15) is 0 Å². The van der Waals surface area contributed by atoms with Gasteiger partial charge in [-0.05, 0) is 101 Å². The Morgan fingerprint density at radius 1 is 0.286 bits per heavy atom. The second-order valence-corrected chi connectivity index (χ2v) is 16.4. The van der Waals surface area contributed by atoms with Crippen molar-refractivity contribution in [3.8, 4) is 67.3 Å². The van der Waals surface area contributed by atoms with Crippen LogP contribution in [0, 0.1) is 0 Å². The smallest absolute Gasteiger partial charge is 0.161 e. The Kier molecular flexibility index (Phi) is 8.76. The van der Waals surface area contributed by atoms with E-state index in [0.29, 0.717) is 5.82 Å². The minimum absolute atomic E-state index is 0.503. The number of hydrogen-bond acceptors (Lipinski definition) is 2. The van der Waals surface area contributed by atoms with E-state index in [9.17, 15) is 0 Å². The van der Waals surface area contributed by atoms with Crippen LogP contribution in [0.15, 0.2) is 243 Å². The van der Waals surface area contributed by atoms with E-state index in [1.807, 2.05) is 12.1 Å². The van der Waals surface area contributed by atoms with Crippen LogP contribution >= 0.6 is 0 Å². The van der Waals surface area contributed by atoms with E-state index in [4.69, 9.17) is 9.97 Å². The van der Waals surface area contributed by atoms with Gasteiger partial charge in [-0.3, -0.25) is 0 Å². The standard InChI is InChI=1S/C61H40N2/c1-5-19-42(20-6-1)57-40-58(43-21-7-2-8-22-43)63-60(62-57)53-36-35-49(51-30-15-16-31-52(51)53)46-24-17-23-44(38-46)45-32-34-54-56(39-45)61(47-25-9-3-10-26-47,48-27-11-4-12-28-48)55-37-33-41-18-13-14-29-50(41)59(54)55/h1-40H. The van der Waals surface area contributed by atoms with Crippen molar-refractivity contribution < 1.29 is 0 Å². The lowest BCUT2D eigenvalue weighted by Gasteiger charge is -2.34. The maximum Gasteiger partial charge on any atom is 0.161 e. The number of benzene rings is 10. The summed E-state index contributed by atoms with van der Waals surface area (Å²) in [5.74, 6) is 0.707. The van der Waals surface area contributed by atoms with Crippen molar-refractivity contribution in [2.24, 2.45) is 0 Å². The zero-order valence-corrected chi connectivity index (χ0v) is 34.5. The molecule has 0 unspecified atom stereocenters. The molecule has 0 saturated carbocycles. The fourth-order valence-corrected chi connectivity index (χ4v) is 10.1.